The molecule has 0 aliphatic carbocycles. The Balaban J connectivity index is 0.00000256. The standard InChI is InChI=1S/C26H33N2O.BrH/c1-28(15-16-29-2)24-13-14-25(28)18-21(17-24)19-26(20-27,22-9-5-3-6-10-22)23-11-7-4-8-12-23;/h3-12,21,24-25H,13-19H2,1-2H3;1H/q+1;/p-1. The fourth-order valence-corrected chi connectivity index (χ4v) is 6.13. The highest BCUT2D eigenvalue weighted by atomic mass is 79.9. The van der Waals surface area contributed by atoms with Crippen LogP contribution in [0.3, 0.4) is 0 Å². The Labute approximate surface area is 192 Å². The van der Waals surface area contributed by atoms with Crippen molar-refractivity contribution in [1.29, 1.82) is 5.26 Å². The van der Waals surface area contributed by atoms with E-state index in [0.29, 0.717) is 18.0 Å². The minimum Gasteiger partial charge on any atom is -1.00 e. The molecule has 30 heavy (non-hydrogen) atoms. The van der Waals surface area contributed by atoms with E-state index >= 15 is 0 Å². The third-order valence-electron chi connectivity index (χ3n) is 7.81. The van der Waals surface area contributed by atoms with Gasteiger partial charge in [0.15, 0.2) is 0 Å². The molecule has 2 aliphatic heterocycles. The molecule has 2 aromatic carbocycles. The predicted octanol–water partition coefficient (Wildman–Crippen LogP) is 1.92. The van der Waals surface area contributed by atoms with Crippen molar-refractivity contribution >= 4 is 0 Å². The van der Waals surface area contributed by atoms with Gasteiger partial charge < -0.3 is 26.2 Å². The van der Waals surface area contributed by atoms with Crippen molar-refractivity contribution in [2.24, 2.45) is 5.92 Å². The van der Waals surface area contributed by atoms with Crippen molar-refractivity contribution < 1.29 is 26.2 Å². The van der Waals surface area contributed by atoms with Crippen LogP contribution in [0.4, 0.5) is 0 Å². The van der Waals surface area contributed by atoms with Gasteiger partial charge in [0, 0.05) is 32.8 Å². The summed E-state index contributed by atoms with van der Waals surface area (Å²) in [6.07, 6.45) is 5.99. The number of nitrogens with zero attached hydrogens (tertiary/aromatic N) is 2. The average molecular weight is 469 g/mol. The van der Waals surface area contributed by atoms with Crippen LogP contribution in [-0.2, 0) is 10.2 Å². The number of nitriles is 1. The third kappa shape index (κ3) is 4.08. The molecule has 2 fully saturated rings. The highest BCUT2D eigenvalue weighted by Gasteiger charge is 2.52. The van der Waals surface area contributed by atoms with Crippen LogP contribution < -0.4 is 17.0 Å². The molecular weight excluding hydrogens is 436 g/mol. The molecule has 0 radical (unpaired) electrons. The zero-order valence-corrected chi connectivity index (χ0v) is 19.7. The van der Waals surface area contributed by atoms with E-state index in [-0.39, 0.29) is 17.0 Å². The lowest BCUT2D eigenvalue weighted by Gasteiger charge is -2.48. The van der Waals surface area contributed by atoms with Gasteiger partial charge in [-0.05, 0) is 23.5 Å². The Hall–Kier alpha value is -1.67. The van der Waals surface area contributed by atoms with E-state index in [1.807, 2.05) is 19.2 Å². The number of ether oxygens (including phenoxy) is 1. The van der Waals surface area contributed by atoms with Crippen LogP contribution in [0.1, 0.15) is 43.2 Å². The summed E-state index contributed by atoms with van der Waals surface area (Å²) in [6.45, 7) is 1.95. The summed E-state index contributed by atoms with van der Waals surface area (Å²) in [4.78, 5) is 0. The van der Waals surface area contributed by atoms with Crippen LogP contribution in [0, 0.1) is 17.2 Å². The molecule has 2 aliphatic rings. The number of likely N-dealkylation sites (N-methyl/N-ethyl adjacent to an activating group) is 1. The molecule has 2 bridgehead atoms. The van der Waals surface area contributed by atoms with Crippen LogP contribution in [0.15, 0.2) is 60.7 Å². The van der Waals surface area contributed by atoms with Gasteiger partial charge in [-0.2, -0.15) is 5.26 Å². The minimum atomic E-state index is -0.570. The van der Waals surface area contributed by atoms with Gasteiger partial charge in [-0.3, -0.25) is 0 Å². The van der Waals surface area contributed by atoms with Crippen molar-refractivity contribution in [2.75, 3.05) is 27.3 Å². The number of benzene rings is 2. The molecule has 0 amide bonds. The van der Waals surface area contributed by atoms with Gasteiger partial charge in [0.05, 0.1) is 31.8 Å². The van der Waals surface area contributed by atoms with E-state index in [4.69, 9.17) is 4.74 Å². The number of fused-ring (bicyclic) bond motifs is 2. The van der Waals surface area contributed by atoms with Crippen LogP contribution in [0.2, 0.25) is 0 Å². The first-order valence-electron chi connectivity index (χ1n) is 11.0. The first kappa shape index (κ1) is 23.0. The maximum absolute atomic E-state index is 10.5. The molecule has 0 saturated carbocycles. The molecule has 4 heteroatoms. The Kier molecular flexibility index (Phi) is 7.39. The highest BCUT2D eigenvalue weighted by molar-refractivity contribution is 5.45. The van der Waals surface area contributed by atoms with Gasteiger partial charge >= 0.3 is 0 Å². The van der Waals surface area contributed by atoms with E-state index in [2.05, 4.69) is 61.6 Å². The van der Waals surface area contributed by atoms with Gasteiger partial charge in [-0.1, -0.05) is 60.7 Å². The molecule has 2 aromatic rings. The third-order valence-corrected chi connectivity index (χ3v) is 7.81. The average Bonchev–Trinajstić information content (AvgIpc) is 2.94. The summed E-state index contributed by atoms with van der Waals surface area (Å²) in [5.74, 6) is 0.585. The summed E-state index contributed by atoms with van der Waals surface area (Å²) < 4.78 is 6.58. The molecule has 0 spiro atoms. The largest absolute Gasteiger partial charge is 1.00 e. The molecule has 160 valence electrons. The number of rotatable bonds is 7. The lowest BCUT2D eigenvalue weighted by molar-refractivity contribution is -0.949. The van der Waals surface area contributed by atoms with Crippen molar-refractivity contribution in [3.05, 3.63) is 71.8 Å². The quantitative estimate of drug-likeness (QED) is 0.581. The first-order chi connectivity index (χ1) is 14.1. The van der Waals surface area contributed by atoms with Gasteiger partial charge in [-0.15, -0.1) is 0 Å². The molecule has 2 saturated heterocycles. The fourth-order valence-electron chi connectivity index (χ4n) is 6.13. The number of hydrogen-bond acceptors (Lipinski definition) is 2. The lowest BCUT2D eigenvalue weighted by Crippen LogP contribution is -3.00. The normalized spacial score (nSPS) is 27.8. The molecule has 4 rings (SSSR count). The van der Waals surface area contributed by atoms with Gasteiger partial charge in [0.1, 0.15) is 12.0 Å². The lowest BCUT2D eigenvalue weighted by atomic mass is 9.67. The number of halogens is 1. The number of piperidine rings is 1. The molecular formula is C26H33BrN2O. The van der Waals surface area contributed by atoms with Crippen molar-refractivity contribution in [1.82, 2.24) is 0 Å². The summed E-state index contributed by atoms with van der Waals surface area (Å²) in [5, 5.41) is 10.5. The second-order valence-electron chi connectivity index (χ2n) is 9.24. The summed E-state index contributed by atoms with van der Waals surface area (Å²) in [5.41, 5.74) is 1.69. The molecule has 0 aromatic heterocycles. The Morgan fingerprint density at radius 3 is 1.90 bits per heavy atom. The second kappa shape index (κ2) is 9.64. The predicted molar refractivity (Wildman–Crippen MR) is 116 cm³/mol. The van der Waals surface area contributed by atoms with Crippen molar-refractivity contribution in [3.63, 3.8) is 0 Å². The molecule has 0 N–H and O–H groups in total. The van der Waals surface area contributed by atoms with E-state index in [1.165, 1.54) is 30.2 Å². The maximum Gasteiger partial charge on any atom is 0.107 e. The van der Waals surface area contributed by atoms with Gasteiger partial charge in [0.25, 0.3) is 0 Å². The Morgan fingerprint density at radius 2 is 1.47 bits per heavy atom. The van der Waals surface area contributed by atoms with E-state index < -0.39 is 5.41 Å². The second-order valence-corrected chi connectivity index (χ2v) is 9.24. The van der Waals surface area contributed by atoms with Crippen LogP contribution >= 0.6 is 0 Å². The summed E-state index contributed by atoms with van der Waals surface area (Å²) >= 11 is 0. The van der Waals surface area contributed by atoms with Gasteiger partial charge in [-0.25, -0.2) is 0 Å². The van der Waals surface area contributed by atoms with Gasteiger partial charge in [0.2, 0.25) is 0 Å². The Morgan fingerprint density at radius 1 is 0.967 bits per heavy atom. The van der Waals surface area contributed by atoms with Crippen molar-refractivity contribution in [3.8, 4) is 6.07 Å². The number of methoxy groups -OCH3 is 1. The first-order valence-corrected chi connectivity index (χ1v) is 11.0. The van der Waals surface area contributed by atoms with E-state index in [9.17, 15) is 5.26 Å². The number of quaternary nitrogens is 1. The topological polar surface area (TPSA) is 33.0 Å². The van der Waals surface area contributed by atoms with Crippen molar-refractivity contribution in [2.45, 2.75) is 49.6 Å². The monoisotopic (exact) mass is 468 g/mol. The van der Waals surface area contributed by atoms with E-state index in [1.54, 1.807) is 0 Å². The number of hydrogen-bond donors (Lipinski definition) is 0. The molecule has 2 atom stereocenters. The van der Waals surface area contributed by atoms with E-state index in [0.717, 1.165) is 30.7 Å². The minimum absolute atomic E-state index is 0. The zero-order valence-electron chi connectivity index (χ0n) is 18.1. The molecule has 2 unspecified atom stereocenters. The summed E-state index contributed by atoms with van der Waals surface area (Å²) in [6, 6.07) is 25.0. The maximum atomic E-state index is 10.5. The molecule has 2 heterocycles. The zero-order chi connectivity index (χ0) is 20.3. The SMILES string of the molecule is COCC[N+]1(C)C2CCC1CC(CC(C#N)(c1ccccc1)c1ccccc1)C2.[Br-]. The highest BCUT2D eigenvalue weighted by Crippen LogP contribution is 2.48. The molecule has 3 nitrogen and oxygen atoms in total. The van der Waals surface area contributed by atoms with Crippen LogP contribution in [0.5, 0.6) is 0 Å². The summed E-state index contributed by atoms with van der Waals surface area (Å²) in [7, 11) is 4.24. The fraction of sp³-hybridized carbons (Fsp3) is 0.500. The Bertz CT molecular complexity index is 795. The van der Waals surface area contributed by atoms with Crippen LogP contribution in [-0.4, -0.2) is 43.9 Å². The van der Waals surface area contributed by atoms with Crippen LogP contribution in [0.25, 0.3) is 0 Å². The smallest absolute Gasteiger partial charge is 0.107 e.